The number of rotatable bonds is 9. The summed E-state index contributed by atoms with van der Waals surface area (Å²) in [6.45, 7) is 1.84. The molecule has 0 saturated carbocycles. The number of carbonyl (C=O) groups is 2. The Morgan fingerprint density at radius 3 is 2.49 bits per heavy atom. The molecule has 11 nitrogen and oxygen atoms in total. The minimum Gasteiger partial charge on any atom is -0.500 e. The number of methoxy groups -OCH3 is 3. The van der Waals surface area contributed by atoms with Gasteiger partial charge in [0.25, 0.3) is 0 Å². The largest absolute Gasteiger partial charge is 0.500 e. The van der Waals surface area contributed by atoms with Crippen molar-refractivity contribution >= 4 is 17.4 Å². The molecular formula is C28H30N2O9. The van der Waals surface area contributed by atoms with Crippen molar-refractivity contribution in [3.8, 4) is 17.2 Å². The summed E-state index contributed by atoms with van der Waals surface area (Å²) in [5.41, 5.74) is 2.02. The Morgan fingerprint density at radius 2 is 1.82 bits per heavy atom. The first kappa shape index (κ1) is 27.6. The molecule has 2 aromatic carbocycles. The molecule has 206 valence electrons. The van der Waals surface area contributed by atoms with Crippen LogP contribution in [0.2, 0.25) is 0 Å². The number of ether oxygens (including phenoxy) is 4. The summed E-state index contributed by atoms with van der Waals surface area (Å²) >= 11 is 0. The highest BCUT2D eigenvalue weighted by molar-refractivity contribution is 6.04. The van der Waals surface area contributed by atoms with E-state index < -0.39 is 28.2 Å². The lowest BCUT2D eigenvalue weighted by Gasteiger charge is -2.37. The number of allylic oxidation sites excluding steroid dienone is 3. The summed E-state index contributed by atoms with van der Waals surface area (Å²) in [5, 5.41) is 25.4. The SMILES string of the molecule is COCCOC(=O)C1=C(C)NC2=C(C(=O)C[C@@H](c3ccccc3OC)C2)[C@H]1c1cc(OC)c(O)c([N+](=O)[O-])c1. The highest BCUT2D eigenvalue weighted by Crippen LogP contribution is 2.49. The van der Waals surface area contributed by atoms with Crippen molar-refractivity contribution < 1.29 is 38.6 Å². The zero-order valence-electron chi connectivity index (χ0n) is 22.1. The quantitative estimate of drug-likeness (QED) is 0.209. The predicted octanol–water partition coefficient (Wildman–Crippen LogP) is 3.87. The number of phenols is 1. The van der Waals surface area contributed by atoms with Gasteiger partial charge in [0.2, 0.25) is 5.75 Å². The van der Waals surface area contributed by atoms with Gasteiger partial charge in [0.15, 0.2) is 11.5 Å². The molecule has 0 radical (unpaired) electrons. The zero-order valence-corrected chi connectivity index (χ0v) is 22.1. The number of benzene rings is 2. The molecule has 2 aliphatic rings. The molecule has 2 atom stereocenters. The van der Waals surface area contributed by atoms with E-state index >= 15 is 0 Å². The van der Waals surface area contributed by atoms with Crippen molar-refractivity contribution in [3.05, 3.63) is 80.2 Å². The first-order valence-corrected chi connectivity index (χ1v) is 12.3. The molecule has 1 heterocycles. The van der Waals surface area contributed by atoms with E-state index in [2.05, 4.69) is 5.32 Å². The van der Waals surface area contributed by atoms with Crippen LogP contribution in [0.25, 0.3) is 0 Å². The van der Waals surface area contributed by atoms with E-state index in [4.69, 9.17) is 18.9 Å². The van der Waals surface area contributed by atoms with Crippen LogP contribution in [0.3, 0.4) is 0 Å². The monoisotopic (exact) mass is 538 g/mol. The molecule has 2 aromatic rings. The number of Topliss-reactive ketones (excluding diaryl/α,β-unsaturated/α-hetero) is 1. The normalized spacial score (nSPS) is 18.8. The fraction of sp³-hybridized carbons (Fsp3) is 0.357. The number of hydrogen-bond donors (Lipinski definition) is 2. The molecule has 39 heavy (non-hydrogen) atoms. The summed E-state index contributed by atoms with van der Waals surface area (Å²) in [6, 6.07) is 10.0. The smallest absolute Gasteiger partial charge is 0.336 e. The van der Waals surface area contributed by atoms with Crippen LogP contribution in [0.1, 0.15) is 42.7 Å². The second kappa shape index (κ2) is 11.6. The Labute approximate surface area is 225 Å². The lowest BCUT2D eigenvalue weighted by molar-refractivity contribution is -0.386. The van der Waals surface area contributed by atoms with Crippen molar-refractivity contribution in [2.24, 2.45) is 0 Å². The van der Waals surface area contributed by atoms with Crippen LogP contribution in [-0.4, -0.2) is 56.3 Å². The second-order valence-corrected chi connectivity index (χ2v) is 9.24. The van der Waals surface area contributed by atoms with Gasteiger partial charge in [-0.2, -0.15) is 0 Å². The molecule has 0 fully saturated rings. The van der Waals surface area contributed by atoms with Crippen LogP contribution >= 0.6 is 0 Å². The Hall–Kier alpha value is -4.38. The standard InChI is InChI=1S/C28H30N2O9/c1-15-24(28(33)39-10-9-36-2)25(17-12-20(30(34)35)27(32)23(14-17)38-4)26-19(29-15)11-16(13-21(26)31)18-7-5-6-8-22(18)37-3/h5-8,12,14,16,25,29,32H,9-11,13H2,1-4H3/t16-,25-/m0/s1. The third-order valence-corrected chi connectivity index (χ3v) is 6.97. The highest BCUT2D eigenvalue weighted by Gasteiger charge is 2.43. The van der Waals surface area contributed by atoms with Crippen LogP contribution in [0.15, 0.2) is 58.9 Å². The lowest BCUT2D eigenvalue weighted by atomic mass is 9.71. The number of phenolic OH excluding ortho intramolecular Hbond substituents is 1. The van der Waals surface area contributed by atoms with E-state index in [9.17, 15) is 24.8 Å². The number of nitrogens with zero attached hydrogens (tertiary/aromatic N) is 1. The van der Waals surface area contributed by atoms with Gasteiger partial charge in [0.1, 0.15) is 12.4 Å². The number of para-hydroxylation sites is 1. The number of nitro benzene ring substituents is 1. The molecule has 1 aliphatic carbocycles. The first-order chi connectivity index (χ1) is 18.7. The van der Waals surface area contributed by atoms with Crippen LogP contribution in [0, 0.1) is 10.1 Å². The Morgan fingerprint density at radius 1 is 1.10 bits per heavy atom. The molecule has 0 aromatic heterocycles. The van der Waals surface area contributed by atoms with Gasteiger partial charge in [-0.25, -0.2) is 4.79 Å². The Balaban J connectivity index is 1.87. The Kier molecular flexibility index (Phi) is 8.20. The fourth-order valence-corrected chi connectivity index (χ4v) is 5.24. The Bertz CT molecular complexity index is 1380. The van der Waals surface area contributed by atoms with Crippen LogP contribution in [-0.2, 0) is 19.1 Å². The number of hydrogen-bond acceptors (Lipinski definition) is 10. The van der Waals surface area contributed by atoms with Crippen molar-refractivity contribution in [1.82, 2.24) is 5.32 Å². The molecule has 11 heteroatoms. The maximum absolute atomic E-state index is 13.8. The summed E-state index contributed by atoms with van der Waals surface area (Å²) in [6.07, 6.45) is 0.582. The minimum atomic E-state index is -0.990. The molecule has 0 unspecified atom stereocenters. The van der Waals surface area contributed by atoms with Gasteiger partial charge in [-0.15, -0.1) is 0 Å². The number of nitro groups is 1. The molecule has 0 bridgehead atoms. The average Bonchev–Trinajstić information content (AvgIpc) is 2.92. The van der Waals surface area contributed by atoms with Gasteiger partial charge >= 0.3 is 11.7 Å². The molecule has 0 amide bonds. The summed E-state index contributed by atoms with van der Waals surface area (Å²) in [4.78, 5) is 38.2. The van der Waals surface area contributed by atoms with Crippen LogP contribution < -0.4 is 14.8 Å². The summed E-state index contributed by atoms with van der Waals surface area (Å²) < 4.78 is 21.1. The molecule has 0 saturated heterocycles. The van der Waals surface area contributed by atoms with Crippen LogP contribution in [0.4, 0.5) is 5.69 Å². The van der Waals surface area contributed by atoms with Gasteiger partial charge in [0.05, 0.1) is 31.3 Å². The van der Waals surface area contributed by atoms with Crippen LogP contribution in [0.5, 0.6) is 17.2 Å². The summed E-state index contributed by atoms with van der Waals surface area (Å²) in [7, 11) is 4.31. The maximum atomic E-state index is 13.8. The molecular weight excluding hydrogens is 508 g/mol. The second-order valence-electron chi connectivity index (χ2n) is 9.24. The van der Waals surface area contributed by atoms with Gasteiger partial charge < -0.3 is 29.4 Å². The molecule has 4 rings (SSSR count). The van der Waals surface area contributed by atoms with E-state index in [-0.39, 0.29) is 48.2 Å². The third kappa shape index (κ3) is 5.30. The van der Waals surface area contributed by atoms with Gasteiger partial charge in [-0.05, 0) is 36.6 Å². The number of ketones is 1. The number of esters is 1. The molecule has 2 N–H and O–H groups in total. The van der Waals surface area contributed by atoms with E-state index in [1.165, 1.54) is 20.3 Å². The minimum absolute atomic E-state index is 0.0202. The molecule has 0 spiro atoms. The van der Waals surface area contributed by atoms with Gasteiger partial charge in [-0.1, -0.05) is 18.2 Å². The highest BCUT2D eigenvalue weighted by atomic mass is 16.6. The van der Waals surface area contributed by atoms with E-state index in [0.717, 1.165) is 11.6 Å². The topological polar surface area (TPSA) is 146 Å². The predicted molar refractivity (Wildman–Crippen MR) is 140 cm³/mol. The first-order valence-electron chi connectivity index (χ1n) is 12.3. The van der Waals surface area contributed by atoms with E-state index in [1.54, 1.807) is 14.0 Å². The van der Waals surface area contributed by atoms with Gasteiger partial charge in [0, 0.05) is 48.4 Å². The van der Waals surface area contributed by atoms with E-state index in [1.807, 2.05) is 24.3 Å². The number of aromatic hydroxyl groups is 1. The maximum Gasteiger partial charge on any atom is 0.336 e. The van der Waals surface area contributed by atoms with Gasteiger partial charge in [-0.3, -0.25) is 14.9 Å². The van der Waals surface area contributed by atoms with E-state index in [0.29, 0.717) is 29.1 Å². The fourth-order valence-electron chi connectivity index (χ4n) is 5.24. The third-order valence-electron chi connectivity index (χ3n) is 6.97. The number of dihydropyridines is 1. The average molecular weight is 539 g/mol. The van der Waals surface area contributed by atoms with Crippen molar-refractivity contribution in [2.75, 3.05) is 34.5 Å². The summed E-state index contributed by atoms with van der Waals surface area (Å²) in [5.74, 6) is -2.23. The van der Waals surface area contributed by atoms with Crippen molar-refractivity contribution in [3.63, 3.8) is 0 Å². The molecule has 1 aliphatic heterocycles. The van der Waals surface area contributed by atoms with Crippen molar-refractivity contribution in [2.45, 2.75) is 31.6 Å². The number of nitrogens with one attached hydrogen (secondary N) is 1. The lowest BCUT2D eigenvalue weighted by Crippen LogP contribution is -2.36. The van der Waals surface area contributed by atoms with Crippen molar-refractivity contribution in [1.29, 1.82) is 0 Å². The zero-order chi connectivity index (χ0) is 28.3. The number of carbonyl (C=O) groups excluding carboxylic acids is 2.